The maximum Gasteiger partial charge on any atom is 0.133 e. The zero-order valence-electron chi connectivity index (χ0n) is 13.6. The van der Waals surface area contributed by atoms with Crippen LogP contribution in [0.15, 0.2) is 12.5 Å². The molecule has 0 aliphatic heterocycles. The molecule has 0 bridgehead atoms. The fourth-order valence-corrected chi connectivity index (χ4v) is 2.82. The fourth-order valence-electron chi connectivity index (χ4n) is 2.82. The zero-order chi connectivity index (χ0) is 15.4. The van der Waals surface area contributed by atoms with E-state index < -0.39 is 0 Å². The number of nitrogens with zero attached hydrogens (tertiary/aromatic N) is 4. The summed E-state index contributed by atoms with van der Waals surface area (Å²) < 4.78 is 4.37. The second-order valence-electron chi connectivity index (χ2n) is 7.30. The van der Waals surface area contributed by atoms with Crippen LogP contribution in [0.4, 0.5) is 5.82 Å². The number of aromatic nitrogens is 4. The summed E-state index contributed by atoms with van der Waals surface area (Å²) in [6.45, 7) is 10.8. The van der Waals surface area contributed by atoms with Crippen LogP contribution in [0, 0.1) is 0 Å². The van der Waals surface area contributed by atoms with E-state index in [0.717, 1.165) is 23.0 Å². The van der Waals surface area contributed by atoms with Crippen molar-refractivity contribution in [1.82, 2.24) is 19.1 Å². The van der Waals surface area contributed by atoms with Crippen LogP contribution < -0.4 is 5.73 Å². The minimum Gasteiger partial charge on any atom is -0.383 e. The third kappa shape index (κ3) is 2.34. The molecule has 0 amide bonds. The van der Waals surface area contributed by atoms with Gasteiger partial charge in [-0.2, -0.15) is 0 Å². The van der Waals surface area contributed by atoms with Gasteiger partial charge in [0, 0.05) is 17.5 Å². The number of nitrogens with two attached hydrogens (primary N) is 1. The highest BCUT2D eigenvalue weighted by atomic mass is 15.2. The molecule has 1 aliphatic rings. The van der Waals surface area contributed by atoms with Gasteiger partial charge >= 0.3 is 0 Å². The summed E-state index contributed by atoms with van der Waals surface area (Å²) in [5, 5.41) is 0. The van der Waals surface area contributed by atoms with Gasteiger partial charge in [-0.1, -0.05) is 20.8 Å². The van der Waals surface area contributed by atoms with Crippen LogP contribution in [0.25, 0.3) is 11.4 Å². The van der Waals surface area contributed by atoms with Crippen molar-refractivity contribution in [3.63, 3.8) is 0 Å². The van der Waals surface area contributed by atoms with Crippen LogP contribution >= 0.6 is 0 Å². The molecule has 1 saturated carbocycles. The Kier molecular flexibility index (Phi) is 3.11. The number of anilines is 1. The van der Waals surface area contributed by atoms with Crippen molar-refractivity contribution in [2.45, 2.75) is 65.0 Å². The Morgan fingerprint density at radius 1 is 1.29 bits per heavy atom. The minimum absolute atomic E-state index is 0.0406. The molecule has 5 heteroatoms. The van der Waals surface area contributed by atoms with Crippen molar-refractivity contribution in [3.8, 4) is 11.4 Å². The lowest BCUT2D eigenvalue weighted by atomic mass is 9.95. The zero-order valence-corrected chi connectivity index (χ0v) is 13.6. The second-order valence-corrected chi connectivity index (χ2v) is 7.30. The van der Waals surface area contributed by atoms with Crippen molar-refractivity contribution in [2.75, 3.05) is 5.73 Å². The summed E-state index contributed by atoms with van der Waals surface area (Å²) in [6, 6.07) is 0.863. The summed E-state index contributed by atoms with van der Waals surface area (Å²) in [7, 11) is 0. The predicted molar refractivity (Wildman–Crippen MR) is 85.2 cm³/mol. The molecule has 5 nitrogen and oxygen atoms in total. The van der Waals surface area contributed by atoms with E-state index >= 15 is 0 Å². The lowest BCUT2D eigenvalue weighted by molar-refractivity contribution is 0.473. The van der Waals surface area contributed by atoms with Crippen LogP contribution in [-0.4, -0.2) is 19.1 Å². The SMILES string of the molecule is CC(C)n1c(C(C)(C)C)nc(-c2cncn2C2CC2)c1N. The monoisotopic (exact) mass is 287 g/mol. The molecule has 0 unspecified atom stereocenters. The molecule has 0 spiro atoms. The van der Waals surface area contributed by atoms with Crippen molar-refractivity contribution in [3.05, 3.63) is 18.3 Å². The summed E-state index contributed by atoms with van der Waals surface area (Å²) in [4.78, 5) is 9.20. The Bertz CT molecular complexity index is 653. The highest BCUT2D eigenvalue weighted by Gasteiger charge is 2.30. The van der Waals surface area contributed by atoms with E-state index in [2.05, 4.69) is 48.7 Å². The Morgan fingerprint density at radius 3 is 2.43 bits per heavy atom. The molecule has 0 saturated heterocycles. The van der Waals surface area contributed by atoms with Gasteiger partial charge in [-0.05, 0) is 26.7 Å². The smallest absolute Gasteiger partial charge is 0.133 e. The third-order valence-electron chi connectivity index (χ3n) is 3.98. The number of rotatable bonds is 3. The van der Waals surface area contributed by atoms with E-state index in [0.29, 0.717) is 6.04 Å². The lowest BCUT2D eigenvalue weighted by Crippen LogP contribution is -2.21. The van der Waals surface area contributed by atoms with E-state index in [9.17, 15) is 0 Å². The number of hydrogen-bond donors (Lipinski definition) is 1. The Morgan fingerprint density at radius 2 is 1.95 bits per heavy atom. The quantitative estimate of drug-likeness (QED) is 0.939. The van der Waals surface area contributed by atoms with E-state index in [4.69, 9.17) is 10.7 Å². The average molecular weight is 287 g/mol. The highest BCUT2D eigenvalue weighted by molar-refractivity contribution is 5.68. The highest BCUT2D eigenvalue weighted by Crippen LogP contribution is 2.40. The van der Waals surface area contributed by atoms with E-state index in [1.807, 2.05) is 12.5 Å². The lowest BCUT2D eigenvalue weighted by Gasteiger charge is -2.22. The first-order valence-corrected chi connectivity index (χ1v) is 7.71. The molecule has 0 radical (unpaired) electrons. The standard InChI is InChI=1S/C16H25N5/c1-10(2)21-14(17)13(19-15(21)16(3,4)5)12-8-18-9-20(12)11-6-7-11/h8-11H,6-7,17H2,1-5H3. The normalized spacial score (nSPS) is 15.9. The topological polar surface area (TPSA) is 61.7 Å². The van der Waals surface area contributed by atoms with E-state index in [1.165, 1.54) is 12.8 Å². The summed E-state index contributed by atoms with van der Waals surface area (Å²) in [5.74, 6) is 1.78. The molecule has 2 N–H and O–H groups in total. The molecule has 0 atom stereocenters. The van der Waals surface area contributed by atoms with Gasteiger partial charge in [0.15, 0.2) is 0 Å². The van der Waals surface area contributed by atoms with Gasteiger partial charge in [0.05, 0.1) is 18.2 Å². The molecule has 3 rings (SSSR count). The maximum absolute atomic E-state index is 6.44. The fraction of sp³-hybridized carbons (Fsp3) is 0.625. The number of hydrogen-bond acceptors (Lipinski definition) is 3. The van der Waals surface area contributed by atoms with Gasteiger partial charge in [-0.25, -0.2) is 9.97 Å². The van der Waals surface area contributed by atoms with E-state index in [-0.39, 0.29) is 11.5 Å². The van der Waals surface area contributed by atoms with Gasteiger partial charge in [-0.15, -0.1) is 0 Å². The molecule has 2 aromatic rings. The molecule has 2 heterocycles. The molecule has 21 heavy (non-hydrogen) atoms. The maximum atomic E-state index is 6.44. The molecule has 2 aromatic heterocycles. The first-order chi connectivity index (χ1) is 9.80. The molecule has 1 aliphatic carbocycles. The van der Waals surface area contributed by atoms with Crippen LogP contribution in [0.1, 0.15) is 65.4 Å². The molecule has 114 valence electrons. The molecule has 1 fully saturated rings. The van der Waals surface area contributed by atoms with Crippen molar-refractivity contribution in [1.29, 1.82) is 0 Å². The summed E-state index contributed by atoms with van der Waals surface area (Å²) >= 11 is 0. The largest absolute Gasteiger partial charge is 0.383 e. The molecular weight excluding hydrogens is 262 g/mol. The minimum atomic E-state index is -0.0406. The van der Waals surface area contributed by atoms with Crippen LogP contribution in [0.3, 0.4) is 0 Å². The summed E-state index contributed by atoms with van der Waals surface area (Å²) in [5.41, 5.74) is 8.32. The van der Waals surface area contributed by atoms with Gasteiger partial charge in [0.2, 0.25) is 0 Å². The second kappa shape index (κ2) is 4.61. The van der Waals surface area contributed by atoms with Crippen LogP contribution in [0.5, 0.6) is 0 Å². The van der Waals surface area contributed by atoms with Gasteiger partial charge in [0.1, 0.15) is 17.3 Å². The van der Waals surface area contributed by atoms with Crippen molar-refractivity contribution >= 4 is 5.82 Å². The third-order valence-corrected chi connectivity index (χ3v) is 3.98. The van der Waals surface area contributed by atoms with Crippen molar-refractivity contribution < 1.29 is 0 Å². The van der Waals surface area contributed by atoms with Gasteiger partial charge in [0.25, 0.3) is 0 Å². The first-order valence-electron chi connectivity index (χ1n) is 7.71. The summed E-state index contributed by atoms with van der Waals surface area (Å²) in [6.07, 6.45) is 6.23. The Labute approximate surface area is 126 Å². The molecule has 0 aromatic carbocycles. The molecular formula is C16H25N5. The Hall–Kier alpha value is -1.78. The first kappa shape index (κ1) is 14.2. The van der Waals surface area contributed by atoms with Gasteiger partial charge in [-0.3, -0.25) is 0 Å². The van der Waals surface area contributed by atoms with Crippen LogP contribution in [0.2, 0.25) is 0 Å². The average Bonchev–Trinajstić information content (AvgIpc) is 2.98. The number of nitrogen functional groups attached to an aromatic ring is 1. The van der Waals surface area contributed by atoms with Gasteiger partial charge < -0.3 is 14.9 Å². The van der Waals surface area contributed by atoms with Crippen molar-refractivity contribution in [2.24, 2.45) is 0 Å². The number of imidazole rings is 2. The predicted octanol–water partition coefficient (Wildman–Crippen LogP) is 3.54. The van der Waals surface area contributed by atoms with Crippen LogP contribution in [-0.2, 0) is 5.41 Å². The Balaban J connectivity index is 2.17. The van der Waals surface area contributed by atoms with E-state index in [1.54, 1.807) is 0 Å².